The maximum absolute atomic E-state index is 11.4. The molecule has 0 spiro atoms. The Balaban J connectivity index is 1.48. The summed E-state index contributed by atoms with van der Waals surface area (Å²) in [7, 11) is 0. The highest BCUT2D eigenvalue weighted by molar-refractivity contribution is 7.98. The largest absolute Gasteiger partial charge is 0.368 e. The summed E-state index contributed by atoms with van der Waals surface area (Å²) in [5.74, 6) is 1.56. The summed E-state index contributed by atoms with van der Waals surface area (Å²) in [5, 5.41) is 13.8. The molecule has 8 heteroatoms. The van der Waals surface area contributed by atoms with Gasteiger partial charge < -0.3 is 5.73 Å². The van der Waals surface area contributed by atoms with Crippen molar-refractivity contribution >= 4 is 17.7 Å². The number of nitrogens with two attached hydrogens (primary N) is 1. The Kier molecular flexibility index (Phi) is 4.27. The Morgan fingerprint density at radius 3 is 2.72 bits per heavy atom. The van der Waals surface area contributed by atoms with Crippen LogP contribution in [0.1, 0.15) is 30.3 Å². The van der Waals surface area contributed by atoms with E-state index in [9.17, 15) is 4.79 Å². The summed E-state index contributed by atoms with van der Waals surface area (Å²) >= 11 is 1.52. The number of nitrogens with zero attached hydrogens (tertiary/aromatic N) is 5. The van der Waals surface area contributed by atoms with E-state index in [1.165, 1.54) is 11.8 Å². The summed E-state index contributed by atoms with van der Waals surface area (Å²) in [6, 6.07) is 11.9. The summed E-state index contributed by atoms with van der Waals surface area (Å²) in [6.45, 7) is 0.125. The molecule has 128 valence electrons. The molecule has 1 aliphatic carbocycles. The highest BCUT2D eigenvalue weighted by Crippen LogP contribution is 2.40. The Hall–Kier alpha value is -2.61. The van der Waals surface area contributed by atoms with Crippen LogP contribution in [0.25, 0.3) is 5.69 Å². The Morgan fingerprint density at radius 2 is 2.00 bits per heavy atom. The molecule has 7 nitrogen and oxygen atoms in total. The molecule has 4 rings (SSSR count). The zero-order valence-electron chi connectivity index (χ0n) is 13.6. The standard InChI is InChI=1S/C17H18N6OS/c18-15(24)10-22-16(12-6-7-12)19-20-17(22)25-11-13-8-9-23(21-13)14-4-2-1-3-5-14/h1-5,8-9,12H,6-7,10-11H2,(H2,18,24). The van der Waals surface area contributed by atoms with Crippen LogP contribution < -0.4 is 5.73 Å². The van der Waals surface area contributed by atoms with Crippen LogP contribution in [-0.4, -0.2) is 30.5 Å². The van der Waals surface area contributed by atoms with Gasteiger partial charge >= 0.3 is 0 Å². The molecule has 1 saturated carbocycles. The van der Waals surface area contributed by atoms with Gasteiger partial charge in [-0.2, -0.15) is 5.10 Å². The van der Waals surface area contributed by atoms with Crippen LogP contribution in [0.4, 0.5) is 0 Å². The number of para-hydroxylation sites is 1. The topological polar surface area (TPSA) is 91.6 Å². The van der Waals surface area contributed by atoms with E-state index in [2.05, 4.69) is 15.3 Å². The number of rotatable bonds is 7. The van der Waals surface area contributed by atoms with E-state index in [0.717, 1.165) is 35.2 Å². The fraction of sp³-hybridized carbons (Fsp3) is 0.294. The van der Waals surface area contributed by atoms with Crippen LogP contribution in [0.3, 0.4) is 0 Å². The maximum Gasteiger partial charge on any atom is 0.237 e. The van der Waals surface area contributed by atoms with Crippen molar-refractivity contribution in [3.8, 4) is 5.69 Å². The lowest BCUT2D eigenvalue weighted by Crippen LogP contribution is -2.20. The summed E-state index contributed by atoms with van der Waals surface area (Å²) in [5.41, 5.74) is 7.34. The molecule has 0 unspecified atom stereocenters. The van der Waals surface area contributed by atoms with Gasteiger partial charge in [0.25, 0.3) is 0 Å². The number of amides is 1. The van der Waals surface area contributed by atoms with Crippen molar-refractivity contribution in [3.05, 3.63) is 54.1 Å². The first kappa shape index (κ1) is 15.9. The molecular weight excluding hydrogens is 336 g/mol. The number of hydrogen-bond donors (Lipinski definition) is 1. The van der Waals surface area contributed by atoms with Gasteiger partial charge in [-0.15, -0.1) is 10.2 Å². The molecule has 2 aromatic heterocycles. The zero-order valence-corrected chi connectivity index (χ0v) is 14.4. The lowest BCUT2D eigenvalue weighted by atomic mass is 10.3. The summed E-state index contributed by atoms with van der Waals surface area (Å²) < 4.78 is 3.69. The van der Waals surface area contributed by atoms with Crippen LogP contribution >= 0.6 is 11.8 Å². The molecule has 1 aromatic carbocycles. The lowest BCUT2D eigenvalue weighted by Gasteiger charge is -2.06. The average Bonchev–Trinajstić information content (AvgIpc) is 3.21. The van der Waals surface area contributed by atoms with Gasteiger partial charge in [0.15, 0.2) is 5.16 Å². The molecular formula is C17H18N6OS. The molecule has 0 bridgehead atoms. The highest BCUT2D eigenvalue weighted by Gasteiger charge is 2.30. The van der Waals surface area contributed by atoms with Crippen LogP contribution in [0, 0.1) is 0 Å². The van der Waals surface area contributed by atoms with Gasteiger partial charge in [0.1, 0.15) is 12.4 Å². The van der Waals surface area contributed by atoms with Gasteiger partial charge in [-0.3, -0.25) is 9.36 Å². The van der Waals surface area contributed by atoms with Crippen molar-refractivity contribution in [3.63, 3.8) is 0 Å². The Labute approximate surface area is 149 Å². The van der Waals surface area contributed by atoms with Crippen molar-refractivity contribution < 1.29 is 4.79 Å². The second-order valence-electron chi connectivity index (χ2n) is 6.04. The Bertz CT molecular complexity index is 884. The van der Waals surface area contributed by atoms with Gasteiger partial charge in [-0.25, -0.2) is 4.68 Å². The minimum absolute atomic E-state index is 0.125. The van der Waals surface area contributed by atoms with Crippen molar-refractivity contribution in [2.24, 2.45) is 5.73 Å². The molecule has 1 aliphatic rings. The van der Waals surface area contributed by atoms with E-state index < -0.39 is 0 Å². The molecule has 0 aliphatic heterocycles. The SMILES string of the molecule is NC(=O)Cn1c(SCc2ccn(-c3ccccc3)n2)nnc1C1CC1. The lowest BCUT2D eigenvalue weighted by molar-refractivity contribution is -0.118. The number of carbonyl (C=O) groups excluding carboxylic acids is 1. The number of hydrogen-bond acceptors (Lipinski definition) is 5. The fourth-order valence-electron chi connectivity index (χ4n) is 2.66. The van der Waals surface area contributed by atoms with Crippen LogP contribution in [0.2, 0.25) is 0 Å². The summed E-state index contributed by atoms with van der Waals surface area (Å²) in [4.78, 5) is 11.4. The van der Waals surface area contributed by atoms with Crippen LogP contribution in [-0.2, 0) is 17.1 Å². The highest BCUT2D eigenvalue weighted by atomic mass is 32.2. The average molecular weight is 354 g/mol. The summed E-state index contributed by atoms with van der Waals surface area (Å²) in [6.07, 6.45) is 4.14. The van der Waals surface area contributed by atoms with E-state index in [1.807, 2.05) is 51.8 Å². The van der Waals surface area contributed by atoms with E-state index in [-0.39, 0.29) is 12.5 Å². The number of aromatic nitrogens is 5. The molecule has 0 atom stereocenters. The minimum Gasteiger partial charge on any atom is -0.368 e. The third kappa shape index (κ3) is 3.58. The smallest absolute Gasteiger partial charge is 0.237 e. The van der Waals surface area contributed by atoms with E-state index in [0.29, 0.717) is 11.7 Å². The normalized spacial score (nSPS) is 13.9. The second-order valence-corrected chi connectivity index (χ2v) is 6.99. The minimum atomic E-state index is -0.378. The third-order valence-electron chi connectivity index (χ3n) is 4.02. The van der Waals surface area contributed by atoms with Gasteiger partial charge in [-0.1, -0.05) is 30.0 Å². The van der Waals surface area contributed by atoms with Crippen molar-refractivity contribution in [2.75, 3.05) is 0 Å². The van der Waals surface area contributed by atoms with E-state index >= 15 is 0 Å². The first-order valence-electron chi connectivity index (χ1n) is 8.15. The molecule has 2 N–H and O–H groups in total. The van der Waals surface area contributed by atoms with Crippen molar-refractivity contribution in [1.29, 1.82) is 0 Å². The first-order valence-corrected chi connectivity index (χ1v) is 9.13. The van der Waals surface area contributed by atoms with Crippen molar-refractivity contribution in [2.45, 2.75) is 36.2 Å². The third-order valence-corrected chi connectivity index (χ3v) is 5.02. The molecule has 1 fully saturated rings. The number of thioether (sulfide) groups is 1. The predicted octanol–water partition coefficient (Wildman–Crippen LogP) is 2.12. The van der Waals surface area contributed by atoms with E-state index in [1.54, 1.807) is 0 Å². The molecule has 2 heterocycles. The van der Waals surface area contributed by atoms with Crippen LogP contribution in [0.15, 0.2) is 47.8 Å². The predicted molar refractivity (Wildman–Crippen MR) is 94.3 cm³/mol. The number of carbonyl (C=O) groups is 1. The van der Waals surface area contributed by atoms with Crippen LogP contribution in [0.5, 0.6) is 0 Å². The Morgan fingerprint density at radius 1 is 1.20 bits per heavy atom. The molecule has 25 heavy (non-hydrogen) atoms. The van der Waals surface area contributed by atoms with Gasteiger partial charge in [0.2, 0.25) is 5.91 Å². The zero-order chi connectivity index (χ0) is 17.2. The van der Waals surface area contributed by atoms with E-state index in [4.69, 9.17) is 5.73 Å². The quantitative estimate of drug-likeness (QED) is 0.656. The molecule has 1 amide bonds. The fourth-order valence-corrected chi connectivity index (χ4v) is 3.50. The molecule has 0 saturated heterocycles. The van der Waals surface area contributed by atoms with Gasteiger partial charge in [-0.05, 0) is 31.0 Å². The first-order chi connectivity index (χ1) is 12.2. The number of primary amides is 1. The van der Waals surface area contributed by atoms with Gasteiger partial charge in [0, 0.05) is 17.9 Å². The second kappa shape index (κ2) is 6.72. The van der Waals surface area contributed by atoms with Gasteiger partial charge in [0.05, 0.1) is 11.4 Å². The maximum atomic E-state index is 11.4. The number of benzene rings is 1. The van der Waals surface area contributed by atoms with Crippen molar-refractivity contribution in [1.82, 2.24) is 24.5 Å². The molecule has 0 radical (unpaired) electrons. The monoisotopic (exact) mass is 354 g/mol. The molecule has 3 aromatic rings.